The maximum atomic E-state index is 15.3. The van der Waals surface area contributed by atoms with Crippen LogP contribution >= 0.6 is 31.9 Å². The minimum atomic E-state index is -4.00. The van der Waals surface area contributed by atoms with Gasteiger partial charge in [-0.1, -0.05) is 0 Å². The van der Waals surface area contributed by atoms with Crippen LogP contribution in [0.1, 0.15) is 22.5 Å². The zero-order valence-electron chi connectivity index (χ0n) is 25.5. The Morgan fingerprint density at radius 3 is 1.84 bits per heavy atom. The Labute approximate surface area is 334 Å². The molecule has 17 heteroatoms. The molecule has 49 heavy (non-hydrogen) atoms. The van der Waals surface area contributed by atoms with Gasteiger partial charge in [0.15, 0.2) is 11.2 Å². The van der Waals surface area contributed by atoms with Crippen molar-refractivity contribution in [3.05, 3.63) is 154 Å². The molecule has 0 amide bonds. The van der Waals surface area contributed by atoms with Crippen molar-refractivity contribution in [1.29, 1.82) is 0 Å². The molecule has 0 spiro atoms. The van der Waals surface area contributed by atoms with Crippen molar-refractivity contribution >= 4 is 31.9 Å². The number of aliphatic hydroxyl groups is 1. The van der Waals surface area contributed by atoms with E-state index in [0.29, 0.717) is 21.1 Å². The second-order valence-corrected chi connectivity index (χ2v) is 12.1. The molecule has 1 saturated heterocycles. The van der Waals surface area contributed by atoms with Crippen LogP contribution in [0, 0.1) is 30.7 Å². The van der Waals surface area contributed by atoms with E-state index < -0.39 is 69.8 Å². The molecular weight excluding hydrogens is 823 g/mol. The Hall–Kier alpha value is -2.09. The van der Waals surface area contributed by atoms with Gasteiger partial charge >= 0.3 is 63.2 Å². The van der Waals surface area contributed by atoms with Crippen LogP contribution < -0.4 is 51.4 Å². The Morgan fingerprint density at radius 1 is 0.816 bits per heavy atom. The molecular formula is C32H23Br2F8KN4O2. The number of ether oxygens (including phenoxy) is 1. The van der Waals surface area contributed by atoms with Gasteiger partial charge in [-0.15, -0.1) is 0 Å². The summed E-state index contributed by atoms with van der Waals surface area (Å²) in [6.07, 6.45) is 5.04. The Kier molecular flexibility index (Phi) is 13.6. The van der Waals surface area contributed by atoms with Crippen molar-refractivity contribution in [3.63, 3.8) is 0 Å². The number of hydrogen-bond acceptors (Lipinski definition) is 5. The summed E-state index contributed by atoms with van der Waals surface area (Å²) in [6, 6.07) is 10.8. The number of rotatable bonds is 8. The third-order valence-electron chi connectivity index (χ3n) is 7.25. The summed E-state index contributed by atoms with van der Waals surface area (Å²) >= 11 is 6.19. The molecule has 6 rings (SSSR count). The zero-order chi connectivity index (χ0) is 34.2. The summed E-state index contributed by atoms with van der Waals surface area (Å²) in [6.45, 7) is -1.13. The second kappa shape index (κ2) is 16.1. The standard InChI is InChI=1S/C17H12BrF4N3O.C14H8BrF4NO.CH3.K/c18-11-2-5-15(23-9-11)17(21,22)16(26,10-25-7-1-6-24-25)13-4-3-12(19)8-14(13)20;15-8-1-4-12(20-6-8)14(18,19)13(7-21-13)10-3-2-9(16)5-11(10)17;;/h1-9,26H,10H2;1-6H,7H2;1H3;/q;;-1;+1. The smallest absolute Gasteiger partial charge is 0.377 e. The summed E-state index contributed by atoms with van der Waals surface area (Å²) in [7, 11) is 0. The van der Waals surface area contributed by atoms with E-state index in [-0.39, 0.29) is 71.0 Å². The predicted molar refractivity (Wildman–Crippen MR) is 165 cm³/mol. The van der Waals surface area contributed by atoms with Crippen LogP contribution in [-0.2, 0) is 34.3 Å². The molecule has 1 N–H and O–H groups in total. The van der Waals surface area contributed by atoms with Gasteiger partial charge in [0, 0.05) is 57.0 Å². The van der Waals surface area contributed by atoms with Gasteiger partial charge in [0.2, 0.25) is 0 Å². The molecule has 1 aliphatic heterocycles. The van der Waals surface area contributed by atoms with Crippen LogP contribution in [0.3, 0.4) is 0 Å². The van der Waals surface area contributed by atoms with E-state index in [2.05, 4.69) is 46.9 Å². The van der Waals surface area contributed by atoms with Crippen LogP contribution in [0.4, 0.5) is 35.1 Å². The number of halogens is 10. The molecule has 0 bridgehead atoms. The summed E-state index contributed by atoms with van der Waals surface area (Å²) in [4.78, 5) is 7.29. The van der Waals surface area contributed by atoms with E-state index in [9.17, 15) is 31.4 Å². The minimum Gasteiger partial charge on any atom is -0.377 e. The number of benzene rings is 2. The summed E-state index contributed by atoms with van der Waals surface area (Å²) < 4.78 is 121. The largest absolute Gasteiger partial charge is 1.00 e. The Balaban J connectivity index is 0.000000260. The van der Waals surface area contributed by atoms with E-state index >= 15 is 8.78 Å². The molecule has 5 aromatic rings. The second-order valence-electron chi connectivity index (χ2n) is 10.3. The normalized spacial score (nSPS) is 16.7. The number of pyridine rings is 2. The van der Waals surface area contributed by atoms with Crippen molar-refractivity contribution < 1.29 is 96.4 Å². The maximum Gasteiger partial charge on any atom is 1.00 e. The fourth-order valence-corrected chi connectivity index (χ4v) is 5.21. The Bertz CT molecular complexity index is 1870. The van der Waals surface area contributed by atoms with Gasteiger partial charge in [-0.2, -0.15) is 22.7 Å². The zero-order valence-corrected chi connectivity index (χ0v) is 31.8. The number of nitrogens with zero attached hydrogens (tertiary/aromatic N) is 4. The molecule has 4 heterocycles. The fraction of sp³-hybridized carbons (Fsp3) is 0.188. The molecule has 1 fully saturated rings. The summed E-state index contributed by atoms with van der Waals surface area (Å²) in [5.41, 5.74) is -7.63. The van der Waals surface area contributed by atoms with Gasteiger partial charge in [-0.05, 0) is 86.5 Å². The molecule has 2 unspecified atom stereocenters. The quantitative estimate of drug-likeness (QED) is 0.0955. The molecule has 254 valence electrons. The van der Waals surface area contributed by atoms with E-state index in [1.54, 1.807) is 0 Å². The van der Waals surface area contributed by atoms with Crippen LogP contribution in [0.25, 0.3) is 0 Å². The number of aromatic nitrogens is 4. The van der Waals surface area contributed by atoms with Gasteiger partial charge in [0.05, 0.1) is 13.2 Å². The molecule has 2 aromatic carbocycles. The number of alkyl halides is 4. The third kappa shape index (κ3) is 8.36. The first-order valence-corrected chi connectivity index (χ1v) is 14.9. The molecule has 1 aliphatic rings. The average molecular weight is 846 g/mol. The summed E-state index contributed by atoms with van der Waals surface area (Å²) in [5, 5.41) is 14.7. The molecule has 2 atom stereocenters. The van der Waals surface area contributed by atoms with Crippen molar-refractivity contribution in [2.24, 2.45) is 0 Å². The molecule has 3 aromatic heterocycles. The number of hydrogen-bond donors (Lipinski definition) is 1. The fourth-order valence-electron chi connectivity index (χ4n) is 4.74. The first kappa shape index (κ1) is 41.3. The topological polar surface area (TPSA) is 76.4 Å². The van der Waals surface area contributed by atoms with Gasteiger partial charge in [0.1, 0.15) is 34.7 Å². The van der Waals surface area contributed by atoms with Crippen LogP contribution in [0.15, 0.2) is 100 Å². The van der Waals surface area contributed by atoms with Crippen molar-refractivity contribution in [2.75, 3.05) is 6.61 Å². The van der Waals surface area contributed by atoms with E-state index in [0.717, 1.165) is 47.3 Å². The molecule has 0 saturated carbocycles. The summed E-state index contributed by atoms with van der Waals surface area (Å²) in [5.74, 6) is -11.7. The minimum absolute atomic E-state index is 0. The monoisotopic (exact) mass is 844 g/mol. The van der Waals surface area contributed by atoms with E-state index in [4.69, 9.17) is 4.74 Å². The van der Waals surface area contributed by atoms with Crippen LogP contribution in [-0.4, -0.2) is 31.5 Å². The van der Waals surface area contributed by atoms with Gasteiger partial charge in [-0.25, -0.2) is 17.6 Å². The van der Waals surface area contributed by atoms with Crippen molar-refractivity contribution in [2.45, 2.75) is 29.6 Å². The van der Waals surface area contributed by atoms with Gasteiger partial charge in [0.25, 0.3) is 0 Å². The molecule has 0 radical (unpaired) electrons. The average Bonchev–Trinajstić information content (AvgIpc) is 3.67. The number of epoxide rings is 1. The van der Waals surface area contributed by atoms with Gasteiger partial charge < -0.3 is 17.3 Å². The first-order valence-electron chi connectivity index (χ1n) is 13.4. The SMILES string of the molecule is Fc1ccc(C2(C(F)(F)c3ccc(Br)cn3)CO2)c(F)c1.OC(Cn1cccn1)(c1ccc(F)cc1F)C(F)(F)c1ccc(Br)cn1.[CH3-].[K+]. The first-order chi connectivity index (χ1) is 22.1. The third-order valence-corrected chi connectivity index (χ3v) is 8.19. The van der Waals surface area contributed by atoms with Crippen LogP contribution in [0.5, 0.6) is 0 Å². The predicted octanol–water partition coefficient (Wildman–Crippen LogP) is 5.59. The van der Waals surface area contributed by atoms with Crippen LogP contribution in [0.2, 0.25) is 0 Å². The van der Waals surface area contributed by atoms with Crippen molar-refractivity contribution in [3.8, 4) is 0 Å². The van der Waals surface area contributed by atoms with E-state index in [1.807, 2.05) is 0 Å². The van der Waals surface area contributed by atoms with Crippen molar-refractivity contribution in [1.82, 2.24) is 19.7 Å². The van der Waals surface area contributed by atoms with E-state index in [1.165, 1.54) is 36.8 Å². The maximum absolute atomic E-state index is 15.3. The van der Waals surface area contributed by atoms with Gasteiger partial charge in [-0.3, -0.25) is 14.6 Å². The molecule has 6 nitrogen and oxygen atoms in total. The Morgan fingerprint density at radius 2 is 1.37 bits per heavy atom. The molecule has 0 aliphatic carbocycles.